The Labute approximate surface area is 108 Å². The monoisotopic (exact) mass is 264 g/mol. The summed E-state index contributed by atoms with van der Waals surface area (Å²) in [4.78, 5) is 10.5. The zero-order valence-electron chi connectivity index (χ0n) is 10.4. The van der Waals surface area contributed by atoms with Gasteiger partial charge in [0.15, 0.2) is 5.82 Å². The highest BCUT2D eigenvalue weighted by atomic mass is 19.1. The predicted octanol–water partition coefficient (Wildman–Crippen LogP) is 1.65. The van der Waals surface area contributed by atoms with Crippen LogP contribution in [-0.4, -0.2) is 31.3 Å². The second-order valence-electron chi connectivity index (χ2n) is 4.18. The van der Waals surface area contributed by atoms with Gasteiger partial charge in [0.05, 0.1) is 0 Å². The van der Waals surface area contributed by atoms with E-state index in [0.717, 1.165) is 11.1 Å². The molecule has 0 aliphatic rings. The Bertz CT molecular complexity index is 597. The Kier molecular flexibility index (Phi) is 3.84. The van der Waals surface area contributed by atoms with E-state index in [4.69, 9.17) is 5.11 Å². The second kappa shape index (κ2) is 5.55. The molecule has 0 fully saturated rings. The van der Waals surface area contributed by atoms with E-state index >= 15 is 0 Å². The summed E-state index contributed by atoms with van der Waals surface area (Å²) < 4.78 is 14.6. The van der Waals surface area contributed by atoms with Gasteiger partial charge < -0.3 is 5.11 Å². The van der Waals surface area contributed by atoms with E-state index in [1.54, 1.807) is 13.0 Å². The van der Waals surface area contributed by atoms with Gasteiger partial charge in [0.25, 0.3) is 0 Å². The number of aryl methyl sites for hydroxylation is 2. The Hall–Kier alpha value is -2.31. The summed E-state index contributed by atoms with van der Waals surface area (Å²) in [7, 11) is 0. The van der Waals surface area contributed by atoms with Gasteiger partial charge in [-0.1, -0.05) is 0 Å². The number of nitrogens with zero attached hydrogens (tertiary/aromatic N) is 4. The van der Waals surface area contributed by atoms with Crippen LogP contribution in [0.1, 0.15) is 18.4 Å². The molecule has 0 atom stereocenters. The standard InChI is InChI=1S/C12H13FN4O2/c1-8-7-9(13)4-5-10(8)12-14-15-16-17(12)6-2-3-11(18)19/h4-5,7H,2-3,6H2,1H3,(H,18,19). The Balaban J connectivity index is 2.21. The van der Waals surface area contributed by atoms with Crippen LogP contribution >= 0.6 is 0 Å². The Morgan fingerprint density at radius 3 is 2.95 bits per heavy atom. The highest BCUT2D eigenvalue weighted by Gasteiger charge is 2.12. The lowest BCUT2D eigenvalue weighted by molar-refractivity contribution is -0.137. The first-order chi connectivity index (χ1) is 9.08. The van der Waals surface area contributed by atoms with E-state index in [1.807, 2.05) is 0 Å². The molecule has 1 aromatic carbocycles. The third-order valence-electron chi connectivity index (χ3n) is 2.72. The minimum atomic E-state index is -0.854. The van der Waals surface area contributed by atoms with Crippen molar-refractivity contribution < 1.29 is 14.3 Å². The molecule has 1 heterocycles. The van der Waals surface area contributed by atoms with Crippen molar-refractivity contribution in [1.82, 2.24) is 20.2 Å². The number of carbonyl (C=O) groups is 1. The number of aromatic nitrogens is 4. The maximum Gasteiger partial charge on any atom is 0.303 e. The molecule has 0 saturated carbocycles. The van der Waals surface area contributed by atoms with Crippen molar-refractivity contribution in [2.75, 3.05) is 0 Å². The number of aliphatic carboxylic acids is 1. The summed E-state index contributed by atoms with van der Waals surface area (Å²) in [6.07, 6.45) is 0.495. The normalized spacial score (nSPS) is 10.6. The third kappa shape index (κ3) is 3.12. The Morgan fingerprint density at radius 1 is 1.47 bits per heavy atom. The number of carboxylic acid groups (broad SMARTS) is 1. The summed E-state index contributed by atoms with van der Waals surface area (Å²) in [5.41, 5.74) is 1.47. The van der Waals surface area contributed by atoms with Crippen LogP contribution in [0, 0.1) is 12.7 Å². The SMILES string of the molecule is Cc1cc(F)ccc1-c1nnnn1CCCC(=O)O. The molecule has 0 aliphatic heterocycles. The van der Waals surface area contributed by atoms with Crippen LogP contribution in [0.4, 0.5) is 4.39 Å². The van der Waals surface area contributed by atoms with E-state index in [9.17, 15) is 9.18 Å². The van der Waals surface area contributed by atoms with Crippen LogP contribution in [0.15, 0.2) is 18.2 Å². The molecule has 0 saturated heterocycles. The molecule has 0 amide bonds. The van der Waals surface area contributed by atoms with E-state index in [1.165, 1.54) is 16.8 Å². The van der Waals surface area contributed by atoms with Crippen molar-refractivity contribution in [3.63, 3.8) is 0 Å². The fourth-order valence-corrected chi connectivity index (χ4v) is 1.81. The van der Waals surface area contributed by atoms with Gasteiger partial charge >= 0.3 is 5.97 Å². The van der Waals surface area contributed by atoms with Crippen LogP contribution in [0.3, 0.4) is 0 Å². The first-order valence-electron chi connectivity index (χ1n) is 5.82. The number of benzene rings is 1. The summed E-state index contributed by atoms with van der Waals surface area (Å²) in [6.45, 7) is 2.18. The smallest absolute Gasteiger partial charge is 0.303 e. The average Bonchev–Trinajstić information content (AvgIpc) is 2.77. The minimum absolute atomic E-state index is 0.0572. The zero-order chi connectivity index (χ0) is 13.8. The number of hydrogen-bond donors (Lipinski definition) is 1. The average molecular weight is 264 g/mol. The molecule has 1 N–H and O–H groups in total. The molecule has 19 heavy (non-hydrogen) atoms. The number of halogens is 1. The van der Waals surface area contributed by atoms with Crippen molar-refractivity contribution in [3.05, 3.63) is 29.6 Å². The largest absolute Gasteiger partial charge is 0.481 e. The van der Waals surface area contributed by atoms with E-state index in [0.29, 0.717) is 18.8 Å². The molecular weight excluding hydrogens is 251 g/mol. The van der Waals surface area contributed by atoms with Crippen molar-refractivity contribution in [2.24, 2.45) is 0 Å². The highest BCUT2D eigenvalue weighted by Crippen LogP contribution is 2.21. The topological polar surface area (TPSA) is 80.9 Å². The molecule has 0 spiro atoms. The fraction of sp³-hybridized carbons (Fsp3) is 0.333. The van der Waals surface area contributed by atoms with Crippen molar-refractivity contribution in [1.29, 1.82) is 0 Å². The molecule has 0 bridgehead atoms. The zero-order valence-corrected chi connectivity index (χ0v) is 10.4. The van der Waals surface area contributed by atoms with Crippen LogP contribution in [-0.2, 0) is 11.3 Å². The van der Waals surface area contributed by atoms with Crippen LogP contribution < -0.4 is 0 Å². The van der Waals surface area contributed by atoms with Gasteiger partial charge in [-0.05, 0) is 47.5 Å². The number of hydrogen-bond acceptors (Lipinski definition) is 4. The molecule has 0 aliphatic carbocycles. The van der Waals surface area contributed by atoms with Gasteiger partial charge in [0, 0.05) is 18.5 Å². The van der Waals surface area contributed by atoms with E-state index in [-0.39, 0.29) is 12.2 Å². The molecular formula is C12H13FN4O2. The summed E-state index contributed by atoms with van der Waals surface area (Å²) >= 11 is 0. The van der Waals surface area contributed by atoms with Gasteiger partial charge in [-0.15, -0.1) is 5.10 Å². The minimum Gasteiger partial charge on any atom is -0.481 e. The molecule has 0 radical (unpaired) electrons. The van der Waals surface area contributed by atoms with Crippen molar-refractivity contribution in [2.45, 2.75) is 26.3 Å². The molecule has 1 aromatic heterocycles. The summed E-state index contributed by atoms with van der Waals surface area (Å²) in [5, 5.41) is 19.9. The van der Waals surface area contributed by atoms with Crippen molar-refractivity contribution in [3.8, 4) is 11.4 Å². The maximum atomic E-state index is 13.1. The first-order valence-corrected chi connectivity index (χ1v) is 5.82. The predicted molar refractivity (Wildman–Crippen MR) is 64.8 cm³/mol. The third-order valence-corrected chi connectivity index (χ3v) is 2.72. The fourth-order valence-electron chi connectivity index (χ4n) is 1.81. The highest BCUT2D eigenvalue weighted by molar-refractivity contribution is 5.66. The summed E-state index contributed by atoms with van der Waals surface area (Å²) in [5.74, 6) is -0.651. The maximum absolute atomic E-state index is 13.1. The summed E-state index contributed by atoms with van der Waals surface area (Å²) in [6, 6.07) is 4.37. The molecule has 0 unspecified atom stereocenters. The van der Waals surface area contributed by atoms with Gasteiger partial charge in [-0.3, -0.25) is 4.79 Å². The molecule has 2 rings (SSSR count). The quantitative estimate of drug-likeness (QED) is 0.888. The first kappa shape index (κ1) is 13.1. The lowest BCUT2D eigenvalue weighted by Gasteiger charge is -2.06. The van der Waals surface area contributed by atoms with Crippen LogP contribution in [0.25, 0.3) is 11.4 Å². The molecule has 6 nitrogen and oxygen atoms in total. The van der Waals surface area contributed by atoms with Gasteiger partial charge in [-0.2, -0.15) is 0 Å². The van der Waals surface area contributed by atoms with E-state index in [2.05, 4.69) is 15.5 Å². The lowest BCUT2D eigenvalue weighted by Crippen LogP contribution is -2.06. The van der Waals surface area contributed by atoms with Crippen molar-refractivity contribution >= 4 is 5.97 Å². The number of carboxylic acids is 1. The van der Waals surface area contributed by atoms with Gasteiger partial charge in [0.1, 0.15) is 5.82 Å². The van der Waals surface area contributed by atoms with Crippen LogP contribution in [0.5, 0.6) is 0 Å². The lowest BCUT2D eigenvalue weighted by atomic mass is 10.1. The van der Waals surface area contributed by atoms with Gasteiger partial charge in [0.2, 0.25) is 0 Å². The van der Waals surface area contributed by atoms with Gasteiger partial charge in [-0.25, -0.2) is 9.07 Å². The molecule has 2 aromatic rings. The second-order valence-corrected chi connectivity index (χ2v) is 4.18. The Morgan fingerprint density at radius 2 is 2.26 bits per heavy atom. The van der Waals surface area contributed by atoms with Crippen LogP contribution in [0.2, 0.25) is 0 Å². The number of tetrazole rings is 1. The molecule has 100 valence electrons. The molecule has 7 heteroatoms. The number of rotatable bonds is 5. The van der Waals surface area contributed by atoms with E-state index < -0.39 is 5.97 Å².